The number of rotatable bonds is 3. The molecule has 0 radical (unpaired) electrons. The number of aromatic nitrogens is 2. The maximum absolute atomic E-state index is 9.11. The van der Waals surface area contributed by atoms with Crippen LogP contribution in [0, 0.1) is 0 Å². The fraction of sp³-hybridized carbons (Fsp3) is 0.438. The van der Waals surface area contributed by atoms with Crippen LogP contribution in [0.5, 0.6) is 0 Å². The van der Waals surface area contributed by atoms with Crippen molar-refractivity contribution in [1.82, 2.24) is 14.7 Å². The number of aliphatic hydroxyl groups excluding tert-OH is 1. The molecule has 0 amide bonds. The van der Waals surface area contributed by atoms with E-state index in [4.69, 9.17) is 10.2 Å². The lowest BCUT2D eigenvalue weighted by Crippen LogP contribution is -2.29. The molecule has 0 fully saturated rings. The summed E-state index contributed by atoms with van der Waals surface area (Å²) < 4.78 is 2.03. The van der Waals surface area contributed by atoms with Crippen LogP contribution >= 0.6 is 0 Å². The smallest absolute Gasteiger partial charge is 0.0958 e. The summed E-state index contributed by atoms with van der Waals surface area (Å²) in [5.41, 5.74) is 5.03. The molecule has 0 aliphatic carbocycles. The Hall–Kier alpha value is -1.65. The molecular formula is C16H21N3O. The average molecular weight is 271 g/mol. The number of nitrogens with zero attached hydrogens (tertiary/aromatic N) is 3. The van der Waals surface area contributed by atoms with Gasteiger partial charge in [-0.2, -0.15) is 5.10 Å². The van der Waals surface area contributed by atoms with Gasteiger partial charge in [0.05, 0.1) is 12.3 Å². The summed E-state index contributed by atoms with van der Waals surface area (Å²) in [6, 6.07) is 10.4. The van der Waals surface area contributed by atoms with Gasteiger partial charge in [-0.15, -0.1) is 0 Å². The molecule has 0 unspecified atom stereocenters. The first-order valence-electron chi connectivity index (χ1n) is 7.23. The van der Waals surface area contributed by atoms with Gasteiger partial charge in [-0.1, -0.05) is 30.3 Å². The van der Waals surface area contributed by atoms with E-state index in [1.54, 1.807) is 0 Å². The maximum Gasteiger partial charge on any atom is 0.0958 e. The SMILES string of the molecule is Cn1nc(-c2ccccc2)c2c1CCN(CCO)CC2. The van der Waals surface area contributed by atoms with Crippen LogP contribution in [0.2, 0.25) is 0 Å². The molecule has 0 spiro atoms. The van der Waals surface area contributed by atoms with Crippen LogP contribution in [-0.2, 0) is 19.9 Å². The minimum absolute atomic E-state index is 0.236. The van der Waals surface area contributed by atoms with Gasteiger partial charge in [0.1, 0.15) is 0 Å². The molecule has 0 atom stereocenters. The standard InChI is InChI=1S/C16H21N3O/c1-18-15-8-10-19(11-12-20)9-7-14(15)16(17-18)13-5-3-2-4-6-13/h2-6,20H,7-12H2,1H3. The topological polar surface area (TPSA) is 41.3 Å². The molecule has 1 aromatic heterocycles. The summed E-state index contributed by atoms with van der Waals surface area (Å²) in [5, 5.41) is 13.8. The van der Waals surface area contributed by atoms with Crippen molar-refractivity contribution in [3.8, 4) is 11.3 Å². The summed E-state index contributed by atoms with van der Waals surface area (Å²) in [7, 11) is 2.03. The van der Waals surface area contributed by atoms with Gasteiger partial charge in [0.2, 0.25) is 0 Å². The molecule has 3 rings (SSSR count). The zero-order valence-corrected chi connectivity index (χ0v) is 11.9. The van der Waals surface area contributed by atoms with Crippen molar-refractivity contribution in [3.63, 3.8) is 0 Å². The third kappa shape index (κ3) is 2.49. The van der Waals surface area contributed by atoms with Gasteiger partial charge in [0.15, 0.2) is 0 Å². The van der Waals surface area contributed by atoms with Crippen molar-refractivity contribution in [1.29, 1.82) is 0 Å². The highest BCUT2D eigenvalue weighted by Gasteiger charge is 2.21. The minimum atomic E-state index is 0.236. The van der Waals surface area contributed by atoms with Gasteiger partial charge in [0, 0.05) is 49.9 Å². The first-order chi connectivity index (χ1) is 9.79. The third-order valence-corrected chi connectivity index (χ3v) is 4.08. The van der Waals surface area contributed by atoms with Crippen molar-refractivity contribution in [2.24, 2.45) is 7.05 Å². The zero-order valence-electron chi connectivity index (χ0n) is 11.9. The van der Waals surface area contributed by atoms with Gasteiger partial charge in [-0.3, -0.25) is 4.68 Å². The highest BCUT2D eigenvalue weighted by molar-refractivity contribution is 5.64. The van der Waals surface area contributed by atoms with E-state index in [0.717, 1.165) is 38.2 Å². The summed E-state index contributed by atoms with van der Waals surface area (Å²) in [6.45, 7) is 3.00. The Labute approximate surface area is 119 Å². The van der Waals surface area contributed by atoms with Crippen LogP contribution in [0.25, 0.3) is 11.3 Å². The second-order valence-corrected chi connectivity index (χ2v) is 5.33. The quantitative estimate of drug-likeness (QED) is 0.919. The van der Waals surface area contributed by atoms with Crippen molar-refractivity contribution >= 4 is 0 Å². The largest absolute Gasteiger partial charge is 0.395 e. The van der Waals surface area contributed by atoms with Gasteiger partial charge in [0.25, 0.3) is 0 Å². The number of aryl methyl sites for hydroxylation is 1. The Morgan fingerprint density at radius 3 is 2.65 bits per heavy atom. The second kappa shape index (κ2) is 5.77. The second-order valence-electron chi connectivity index (χ2n) is 5.33. The van der Waals surface area contributed by atoms with E-state index >= 15 is 0 Å². The number of hydrogen-bond acceptors (Lipinski definition) is 3. The van der Waals surface area contributed by atoms with E-state index < -0.39 is 0 Å². The summed E-state index contributed by atoms with van der Waals surface area (Å²) in [4.78, 5) is 2.33. The number of benzene rings is 1. The van der Waals surface area contributed by atoms with E-state index in [1.165, 1.54) is 16.8 Å². The highest BCUT2D eigenvalue weighted by Crippen LogP contribution is 2.27. The number of hydrogen-bond donors (Lipinski definition) is 1. The van der Waals surface area contributed by atoms with Gasteiger partial charge in [-0.25, -0.2) is 0 Å². The fourth-order valence-electron chi connectivity index (χ4n) is 3.02. The van der Waals surface area contributed by atoms with Crippen molar-refractivity contribution < 1.29 is 5.11 Å². The molecule has 2 heterocycles. The molecule has 0 saturated heterocycles. The Bertz CT molecular complexity index is 577. The van der Waals surface area contributed by atoms with Gasteiger partial charge in [-0.05, 0) is 6.42 Å². The minimum Gasteiger partial charge on any atom is -0.395 e. The lowest BCUT2D eigenvalue weighted by molar-refractivity contribution is 0.201. The molecule has 1 aliphatic rings. The summed E-state index contributed by atoms with van der Waals surface area (Å²) >= 11 is 0. The van der Waals surface area contributed by atoms with Crippen molar-refractivity contribution in [3.05, 3.63) is 41.6 Å². The number of β-amino-alcohol motifs (C(OH)–C–C–N with tert-alkyl or cyclic N) is 1. The molecule has 1 N–H and O–H groups in total. The van der Waals surface area contributed by atoms with E-state index in [-0.39, 0.29) is 6.61 Å². The Morgan fingerprint density at radius 2 is 1.90 bits per heavy atom. The molecule has 0 bridgehead atoms. The summed E-state index contributed by atoms with van der Waals surface area (Å²) in [6.07, 6.45) is 2.01. The predicted molar refractivity (Wildman–Crippen MR) is 79.6 cm³/mol. The van der Waals surface area contributed by atoms with Crippen molar-refractivity contribution in [2.75, 3.05) is 26.2 Å². The van der Waals surface area contributed by atoms with Gasteiger partial charge < -0.3 is 10.0 Å². The molecule has 0 saturated carbocycles. The molecule has 1 aromatic carbocycles. The Morgan fingerprint density at radius 1 is 1.15 bits per heavy atom. The predicted octanol–water partition coefficient (Wildman–Crippen LogP) is 1.48. The zero-order chi connectivity index (χ0) is 13.9. The number of aliphatic hydroxyl groups is 1. The van der Waals surface area contributed by atoms with E-state index in [0.29, 0.717) is 0 Å². The molecule has 4 heteroatoms. The normalized spacial score (nSPS) is 15.9. The van der Waals surface area contributed by atoms with Crippen LogP contribution in [0.3, 0.4) is 0 Å². The third-order valence-electron chi connectivity index (χ3n) is 4.08. The monoisotopic (exact) mass is 271 g/mol. The molecule has 20 heavy (non-hydrogen) atoms. The lowest BCUT2D eigenvalue weighted by Gasteiger charge is -2.18. The van der Waals surface area contributed by atoms with Crippen LogP contribution in [0.1, 0.15) is 11.3 Å². The van der Waals surface area contributed by atoms with Crippen LogP contribution in [0.4, 0.5) is 0 Å². The first kappa shape index (κ1) is 13.3. The Kier molecular flexibility index (Phi) is 3.85. The van der Waals surface area contributed by atoms with E-state index in [1.807, 2.05) is 17.8 Å². The average Bonchev–Trinajstić information content (AvgIpc) is 2.65. The molecule has 4 nitrogen and oxygen atoms in total. The van der Waals surface area contributed by atoms with E-state index in [9.17, 15) is 0 Å². The summed E-state index contributed by atoms with van der Waals surface area (Å²) in [5.74, 6) is 0. The van der Waals surface area contributed by atoms with Crippen LogP contribution in [-0.4, -0.2) is 46.0 Å². The molecule has 2 aromatic rings. The van der Waals surface area contributed by atoms with E-state index in [2.05, 4.69) is 29.2 Å². The molecule has 106 valence electrons. The molecule has 1 aliphatic heterocycles. The highest BCUT2D eigenvalue weighted by atomic mass is 16.3. The fourth-order valence-corrected chi connectivity index (χ4v) is 3.02. The van der Waals surface area contributed by atoms with Crippen LogP contribution in [0.15, 0.2) is 30.3 Å². The Balaban J connectivity index is 1.94. The van der Waals surface area contributed by atoms with Gasteiger partial charge >= 0.3 is 0 Å². The first-order valence-corrected chi connectivity index (χ1v) is 7.23. The molecular weight excluding hydrogens is 250 g/mol. The van der Waals surface area contributed by atoms with Crippen molar-refractivity contribution in [2.45, 2.75) is 12.8 Å². The maximum atomic E-state index is 9.11. The lowest BCUT2D eigenvalue weighted by atomic mass is 10.0. The van der Waals surface area contributed by atoms with Crippen LogP contribution < -0.4 is 0 Å². The number of fused-ring (bicyclic) bond motifs is 1.